The van der Waals surface area contributed by atoms with Crippen LogP contribution in [0.5, 0.6) is 0 Å². The molecule has 1 aromatic heterocycles. The molecule has 1 atom stereocenters. The van der Waals surface area contributed by atoms with E-state index in [0.717, 1.165) is 12.1 Å². The largest absolute Gasteiger partial charge is 0.383 e. The number of carbonyl (C=O) groups is 1. The molecule has 5 nitrogen and oxygen atoms in total. The van der Waals surface area contributed by atoms with Crippen LogP contribution in [0.2, 0.25) is 5.15 Å². The van der Waals surface area contributed by atoms with Crippen LogP contribution >= 0.6 is 11.6 Å². The number of ether oxygens (including phenoxy) is 2. The number of nitrogens with zero attached hydrogens (tertiary/aromatic N) is 2. The average Bonchev–Trinajstić information content (AvgIpc) is 2.47. The van der Waals surface area contributed by atoms with Crippen molar-refractivity contribution in [2.75, 3.05) is 34.0 Å². The van der Waals surface area contributed by atoms with Gasteiger partial charge in [0, 0.05) is 32.0 Å². The van der Waals surface area contributed by atoms with Crippen LogP contribution < -0.4 is 0 Å². The summed E-state index contributed by atoms with van der Waals surface area (Å²) in [5.41, 5.74) is 1.35. The second-order valence-electron chi connectivity index (χ2n) is 4.82. The predicted octanol–water partition coefficient (Wildman–Crippen LogP) is 2.42. The predicted molar refractivity (Wildman–Crippen MR) is 82.9 cm³/mol. The van der Waals surface area contributed by atoms with Crippen molar-refractivity contribution in [3.05, 3.63) is 28.5 Å². The van der Waals surface area contributed by atoms with Gasteiger partial charge in [0.2, 0.25) is 0 Å². The van der Waals surface area contributed by atoms with Crippen molar-refractivity contribution in [3.8, 4) is 0 Å². The fourth-order valence-corrected chi connectivity index (χ4v) is 2.29. The summed E-state index contributed by atoms with van der Waals surface area (Å²) in [7, 11) is 3.23. The van der Waals surface area contributed by atoms with Crippen molar-refractivity contribution in [3.63, 3.8) is 0 Å². The number of halogens is 1. The zero-order chi connectivity index (χ0) is 15.8. The van der Waals surface area contributed by atoms with Gasteiger partial charge in [0.1, 0.15) is 5.15 Å². The van der Waals surface area contributed by atoms with Crippen molar-refractivity contribution in [1.82, 2.24) is 9.88 Å². The molecule has 0 aromatic carbocycles. The van der Waals surface area contributed by atoms with E-state index in [4.69, 9.17) is 21.1 Å². The minimum Gasteiger partial charge on any atom is -0.383 e. The lowest BCUT2D eigenvalue weighted by Gasteiger charge is -2.29. The van der Waals surface area contributed by atoms with E-state index in [0.29, 0.717) is 30.5 Å². The Balaban J connectivity index is 3.00. The van der Waals surface area contributed by atoms with E-state index >= 15 is 0 Å². The first kappa shape index (κ1) is 17.9. The second kappa shape index (κ2) is 8.97. The van der Waals surface area contributed by atoms with E-state index in [1.54, 1.807) is 31.3 Å². The summed E-state index contributed by atoms with van der Waals surface area (Å²) in [6.45, 7) is 5.36. The Hall–Kier alpha value is -1.17. The molecule has 1 aromatic rings. The lowest BCUT2D eigenvalue weighted by molar-refractivity contribution is 0.0479. The van der Waals surface area contributed by atoms with Crippen LogP contribution in [0.4, 0.5) is 0 Å². The molecule has 6 heteroatoms. The number of carbonyl (C=O) groups excluding carboxylic acids is 1. The van der Waals surface area contributed by atoms with E-state index < -0.39 is 0 Å². The van der Waals surface area contributed by atoms with Crippen molar-refractivity contribution in [2.24, 2.45) is 0 Å². The maximum atomic E-state index is 12.7. The van der Waals surface area contributed by atoms with Gasteiger partial charge in [-0.05, 0) is 25.5 Å². The highest BCUT2D eigenvalue weighted by molar-refractivity contribution is 6.29. The maximum absolute atomic E-state index is 12.7. The van der Waals surface area contributed by atoms with Crippen LogP contribution in [0.3, 0.4) is 0 Å². The Morgan fingerprint density at radius 1 is 1.38 bits per heavy atom. The Morgan fingerprint density at radius 2 is 2.10 bits per heavy atom. The van der Waals surface area contributed by atoms with Gasteiger partial charge < -0.3 is 14.4 Å². The fourth-order valence-electron chi connectivity index (χ4n) is 2.06. The molecule has 0 saturated heterocycles. The van der Waals surface area contributed by atoms with Crippen LogP contribution in [-0.2, 0) is 15.9 Å². The zero-order valence-electron chi connectivity index (χ0n) is 13.1. The van der Waals surface area contributed by atoms with Gasteiger partial charge >= 0.3 is 0 Å². The third-order valence-electron chi connectivity index (χ3n) is 3.19. The van der Waals surface area contributed by atoms with Crippen LogP contribution in [0.1, 0.15) is 29.9 Å². The van der Waals surface area contributed by atoms with Gasteiger partial charge in [0.15, 0.2) is 0 Å². The Morgan fingerprint density at radius 3 is 2.67 bits per heavy atom. The summed E-state index contributed by atoms with van der Waals surface area (Å²) < 4.78 is 10.2. The van der Waals surface area contributed by atoms with E-state index in [9.17, 15) is 4.79 Å². The standard InChI is InChI=1S/C15H23ClN2O3/c1-5-13-8-12(9-14(16)17-13)15(19)18(6-7-20-3)11(2)10-21-4/h8-9,11H,5-7,10H2,1-4H3. The molecule has 118 valence electrons. The fraction of sp³-hybridized carbons (Fsp3) is 0.600. The van der Waals surface area contributed by atoms with Gasteiger partial charge in [-0.25, -0.2) is 4.98 Å². The topological polar surface area (TPSA) is 51.7 Å². The van der Waals surface area contributed by atoms with Gasteiger partial charge in [-0.15, -0.1) is 0 Å². The molecule has 0 aliphatic heterocycles. The summed E-state index contributed by atoms with van der Waals surface area (Å²) in [5, 5.41) is 0.337. The number of aromatic nitrogens is 1. The van der Waals surface area contributed by atoms with Gasteiger partial charge in [-0.1, -0.05) is 18.5 Å². The third kappa shape index (κ3) is 5.26. The maximum Gasteiger partial charge on any atom is 0.254 e. The molecule has 0 fully saturated rings. The molecule has 0 N–H and O–H groups in total. The first-order chi connectivity index (χ1) is 10.0. The quantitative estimate of drug-likeness (QED) is 0.692. The molecular weight excluding hydrogens is 292 g/mol. The number of pyridine rings is 1. The van der Waals surface area contributed by atoms with Crippen LogP contribution in [0.25, 0.3) is 0 Å². The molecule has 21 heavy (non-hydrogen) atoms. The summed E-state index contributed by atoms with van der Waals surface area (Å²) in [6, 6.07) is 3.34. The molecule has 1 amide bonds. The Bertz CT molecular complexity index is 468. The van der Waals surface area contributed by atoms with E-state index in [2.05, 4.69) is 4.98 Å². The molecule has 0 bridgehead atoms. The number of amides is 1. The number of methoxy groups -OCH3 is 2. The van der Waals surface area contributed by atoms with Gasteiger partial charge in [0.25, 0.3) is 5.91 Å². The van der Waals surface area contributed by atoms with Crippen molar-refractivity contribution >= 4 is 17.5 Å². The number of rotatable bonds is 8. The van der Waals surface area contributed by atoms with Crippen LogP contribution in [0.15, 0.2) is 12.1 Å². The number of hydrogen-bond donors (Lipinski definition) is 0. The normalized spacial score (nSPS) is 12.2. The number of hydrogen-bond acceptors (Lipinski definition) is 4. The summed E-state index contributed by atoms with van der Waals surface area (Å²) in [4.78, 5) is 18.6. The second-order valence-corrected chi connectivity index (χ2v) is 5.21. The minimum absolute atomic E-state index is 0.0466. The first-order valence-corrected chi connectivity index (χ1v) is 7.36. The highest BCUT2D eigenvalue weighted by Gasteiger charge is 2.22. The van der Waals surface area contributed by atoms with Crippen molar-refractivity contribution in [1.29, 1.82) is 0 Å². The molecule has 0 spiro atoms. The molecule has 0 saturated carbocycles. The molecule has 1 rings (SSSR count). The highest BCUT2D eigenvalue weighted by Crippen LogP contribution is 2.15. The summed E-state index contributed by atoms with van der Waals surface area (Å²) in [6.07, 6.45) is 0.729. The van der Waals surface area contributed by atoms with Crippen molar-refractivity contribution < 1.29 is 14.3 Å². The monoisotopic (exact) mass is 314 g/mol. The van der Waals surface area contributed by atoms with Crippen LogP contribution in [0, 0.1) is 0 Å². The molecule has 1 heterocycles. The average molecular weight is 315 g/mol. The molecule has 1 unspecified atom stereocenters. The smallest absolute Gasteiger partial charge is 0.254 e. The summed E-state index contributed by atoms with van der Waals surface area (Å²) in [5.74, 6) is -0.0874. The Kier molecular flexibility index (Phi) is 7.64. The number of aryl methyl sites for hydroxylation is 1. The molecule has 0 radical (unpaired) electrons. The van der Waals surface area contributed by atoms with Gasteiger partial charge in [0.05, 0.1) is 19.3 Å². The SMILES string of the molecule is CCc1cc(C(=O)N(CCOC)C(C)COC)cc(Cl)n1. The van der Waals surface area contributed by atoms with Crippen LogP contribution in [-0.4, -0.2) is 55.8 Å². The Labute approximate surface area is 131 Å². The lowest BCUT2D eigenvalue weighted by Crippen LogP contribution is -2.43. The van der Waals surface area contributed by atoms with Gasteiger partial charge in [-0.3, -0.25) is 4.79 Å². The highest BCUT2D eigenvalue weighted by atomic mass is 35.5. The van der Waals surface area contributed by atoms with Gasteiger partial charge in [-0.2, -0.15) is 0 Å². The molecule has 0 aliphatic rings. The third-order valence-corrected chi connectivity index (χ3v) is 3.39. The van der Waals surface area contributed by atoms with Crippen molar-refractivity contribution in [2.45, 2.75) is 26.3 Å². The molecule has 0 aliphatic carbocycles. The van der Waals surface area contributed by atoms with E-state index in [1.807, 2.05) is 13.8 Å². The van der Waals surface area contributed by atoms with E-state index in [-0.39, 0.29) is 11.9 Å². The zero-order valence-corrected chi connectivity index (χ0v) is 13.8. The summed E-state index contributed by atoms with van der Waals surface area (Å²) >= 11 is 5.99. The minimum atomic E-state index is -0.0874. The first-order valence-electron chi connectivity index (χ1n) is 6.98. The van der Waals surface area contributed by atoms with E-state index in [1.165, 1.54) is 0 Å². The molecular formula is C15H23ClN2O3. The lowest BCUT2D eigenvalue weighted by atomic mass is 10.1.